The van der Waals surface area contributed by atoms with E-state index in [1.54, 1.807) is 11.0 Å². The molecule has 2 aromatic carbocycles. The van der Waals surface area contributed by atoms with Crippen molar-refractivity contribution in [3.63, 3.8) is 0 Å². The van der Waals surface area contributed by atoms with Gasteiger partial charge in [-0.1, -0.05) is 38.1 Å². The highest BCUT2D eigenvalue weighted by Crippen LogP contribution is 2.44. The van der Waals surface area contributed by atoms with Crippen LogP contribution in [0.1, 0.15) is 109 Å². The standard InChI is InChI=1S/C31H36N4O3/c1-3-20-17-25-23-15-19(8-10-22(20)23)7-5-6-13-31(4-2)18-28(36)35(30(32)34-31)26-12-14-38-27-11-9-21(16-24(26)27)29(37)33-25/h5,7-11,15-16,20,25-26H,3-4,6,12-14,17-18H2,1-2H3,(H2,32,34)(H,33,37)/b7-5-/t20-,25-,26+,31+/m0/s1. The summed E-state index contributed by atoms with van der Waals surface area (Å²) >= 11 is 0. The third kappa shape index (κ3) is 4.18. The molecule has 0 radical (unpaired) electrons. The zero-order valence-corrected chi connectivity index (χ0v) is 22.2. The molecule has 4 heterocycles. The minimum Gasteiger partial charge on any atom is -0.493 e. The van der Waals surface area contributed by atoms with Crippen LogP contribution in [0.15, 0.2) is 47.5 Å². The fourth-order valence-electron chi connectivity index (χ4n) is 6.72. The lowest BCUT2D eigenvalue weighted by Crippen LogP contribution is -2.53. The average Bonchev–Trinajstić information content (AvgIpc) is 3.26. The van der Waals surface area contributed by atoms with Crippen molar-refractivity contribution in [3.05, 3.63) is 70.3 Å². The first-order valence-electron chi connectivity index (χ1n) is 14.0. The lowest BCUT2D eigenvalue weighted by molar-refractivity contribution is -0.132. The first kappa shape index (κ1) is 24.7. The van der Waals surface area contributed by atoms with Gasteiger partial charge in [0.1, 0.15) is 5.75 Å². The molecule has 38 heavy (non-hydrogen) atoms. The van der Waals surface area contributed by atoms with E-state index in [1.807, 2.05) is 12.1 Å². The quantitative estimate of drug-likeness (QED) is 0.564. The van der Waals surface area contributed by atoms with E-state index in [2.05, 4.69) is 49.5 Å². The average molecular weight is 513 g/mol. The third-order valence-corrected chi connectivity index (χ3v) is 8.93. The van der Waals surface area contributed by atoms with Crippen molar-refractivity contribution in [3.8, 4) is 5.75 Å². The maximum Gasteiger partial charge on any atom is 0.251 e. The van der Waals surface area contributed by atoms with Crippen LogP contribution in [-0.4, -0.2) is 34.8 Å². The molecule has 5 aliphatic rings. The van der Waals surface area contributed by atoms with Crippen molar-refractivity contribution in [1.82, 2.24) is 10.2 Å². The maximum absolute atomic E-state index is 13.6. The van der Waals surface area contributed by atoms with Gasteiger partial charge in [-0.05, 0) is 79.0 Å². The summed E-state index contributed by atoms with van der Waals surface area (Å²) in [5.41, 5.74) is 11.1. The number of aliphatic imine (C=N–C) groups is 1. The molecule has 6 bridgehead atoms. The van der Waals surface area contributed by atoms with Gasteiger partial charge in [0.15, 0.2) is 5.96 Å². The number of carbonyl (C=O) groups excluding carboxylic acids is 2. The molecule has 0 saturated carbocycles. The number of fused-ring (bicyclic) bond motifs is 4. The first-order chi connectivity index (χ1) is 18.4. The van der Waals surface area contributed by atoms with Gasteiger partial charge in [0, 0.05) is 17.5 Å². The highest BCUT2D eigenvalue weighted by molar-refractivity contribution is 6.00. The molecule has 2 amide bonds. The van der Waals surface area contributed by atoms with Gasteiger partial charge in [-0.3, -0.25) is 14.5 Å². The third-order valence-electron chi connectivity index (χ3n) is 8.93. The zero-order chi connectivity index (χ0) is 26.4. The summed E-state index contributed by atoms with van der Waals surface area (Å²) in [6, 6.07) is 11.8. The summed E-state index contributed by atoms with van der Waals surface area (Å²) < 4.78 is 5.92. The van der Waals surface area contributed by atoms with Gasteiger partial charge in [0.25, 0.3) is 5.91 Å². The van der Waals surface area contributed by atoms with Crippen LogP contribution in [0.4, 0.5) is 0 Å². The van der Waals surface area contributed by atoms with E-state index in [9.17, 15) is 9.59 Å². The minimum absolute atomic E-state index is 0.0195. The number of hydrogen-bond acceptors (Lipinski definition) is 5. The lowest BCUT2D eigenvalue weighted by atomic mass is 9.85. The Morgan fingerprint density at radius 3 is 2.79 bits per heavy atom. The Hall–Kier alpha value is -3.61. The fourth-order valence-corrected chi connectivity index (χ4v) is 6.72. The number of hydrogen-bond donors (Lipinski definition) is 2. The fraction of sp³-hybridized carbons (Fsp3) is 0.452. The second kappa shape index (κ2) is 9.61. The molecule has 7 rings (SSSR count). The highest BCUT2D eigenvalue weighted by atomic mass is 16.5. The number of benzene rings is 2. The summed E-state index contributed by atoms with van der Waals surface area (Å²) in [4.78, 5) is 33.7. The summed E-state index contributed by atoms with van der Waals surface area (Å²) in [7, 11) is 0. The molecule has 3 N–H and O–H groups in total. The molecule has 0 aromatic heterocycles. The Bertz CT molecular complexity index is 1350. The van der Waals surface area contributed by atoms with E-state index in [0.717, 1.165) is 43.2 Å². The molecule has 7 nitrogen and oxygen atoms in total. The summed E-state index contributed by atoms with van der Waals surface area (Å²) in [6.07, 6.45) is 9.47. The second-order valence-corrected chi connectivity index (χ2v) is 11.1. The predicted molar refractivity (Wildman–Crippen MR) is 148 cm³/mol. The Labute approximate surface area is 224 Å². The summed E-state index contributed by atoms with van der Waals surface area (Å²) in [5.74, 6) is 1.24. The van der Waals surface area contributed by atoms with E-state index >= 15 is 0 Å². The highest BCUT2D eigenvalue weighted by Gasteiger charge is 2.42. The molecule has 1 aliphatic carbocycles. The van der Waals surface area contributed by atoms with Gasteiger partial charge in [0.05, 0.1) is 30.7 Å². The van der Waals surface area contributed by atoms with Crippen molar-refractivity contribution < 1.29 is 14.3 Å². The molecular formula is C31H36N4O3. The normalized spacial score (nSPS) is 29.2. The predicted octanol–water partition coefficient (Wildman–Crippen LogP) is 5.38. The van der Waals surface area contributed by atoms with E-state index in [-0.39, 0.29) is 29.9 Å². The summed E-state index contributed by atoms with van der Waals surface area (Å²) in [6.45, 7) is 4.76. The van der Waals surface area contributed by atoms with Crippen molar-refractivity contribution in [2.45, 2.75) is 82.3 Å². The number of nitrogens with one attached hydrogen (secondary N) is 1. The second-order valence-electron chi connectivity index (χ2n) is 11.1. The topological polar surface area (TPSA) is 97.0 Å². The van der Waals surface area contributed by atoms with Gasteiger partial charge in [-0.15, -0.1) is 0 Å². The van der Waals surface area contributed by atoms with Crippen LogP contribution in [0.2, 0.25) is 0 Å². The smallest absolute Gasteiger partial charge is 0.251 e. The number of ether oxygens (including phenoxy) is 1. The molecule has 0 spiro atoms. The lowest BCUT2D eigenvalue weighted by Gasteiger charge is -2.42. The molecule has 7 heteroatoms. The number of carbonyl (C=O) groups is 2. The van der Waals surface area contributed by atoms with Gasteiger partial charge in [-0.2, -0.15) is 0 Å². The van der Waals surface area contributed by atoms with Crippen LogP contribution < -0.4 is 15.8 Å². The molecular weight excluding hydrogens is 476 g/mol. The SMILES string of the molecule is CC[C@H]1C[C@@H]2NC(=O)c3ccc4c(c3)[C@@H](CCO4)N3C(=O)C[C@@](CC)(CC/C=C\c4ccc1c2c4)N=C3N. The molecule has 0 saturated heterocycles. The van der Waals surface area contributed by atoms with Crippen molar-refractivity contribution >= 4 is 23.8 Å². The molecule has 2 aromatic rings. The maximum atomic E-state index is 13.6. The molecule has 198 valence electrons. The molecule has 4 atom stereocenters. The van der Waals surface area contributed by atoms with Crippen LogP contribution in [0.3, 0.4) is 0 Å². The number of guanidine groups is 1. The van der Waals surface area contributed by atoms with Gasteiger partial charge >= 0.3 is 0 Å². The van der Waals surface area contributed by atoms with Crippen LogP contribution in [0.25, 0.3) is 6.08 Å². The van der Waals surface area contributed by atoms with E-state index in [4.69, 9.17) is 15.5 Å². The van der Waals surface area contributed by atoms with Crippen molar-refractivity contribution in [2.75, 3.05) is 6.61 Å². The number of nitrogens with zero attached hydrogens (tertiary/aromatic N) is 2. The zero-order valence-electron chi connectivity index (χ0n) is 22.2. The number of allylic oxidation sites excluding steroid dienone is 1. The Kier molecular flexibility index (Phi) is 6.25. The van der Waals surface area contributed by atoms with Crippen LogP contribution in [-0.2, 0) is 4.79 Å². The number of amides is 2. The van der Waals surface area contributed by atoms with Crippen molar-refractivity contribution in [2.24, 2.45) is 10.7 Å². The van der Waals surface area contributed by atoms with Gasteiger partial charge in [-0.25, -0.2) is 4.99 Å². The van der Waals surface area contributed by atoms with E-state index in [0.29, 0.717) is 36.7 Å². The Balaban J connectivity index is 1.45. The van der Waals surface area contributed by atoms with Crippen LogP contribution in [0, 0.1) is 0 Å². The number of rotatable bonds is 2. The molecule has 0 fully saturated rings. The molecule has 0 unspecified atom stereocenters. The molecule has 4 aliphatic heterocycles. The Morgan fingerprint density at radius 1 is 1.13 bits per heavy atom. The number of nitrogens with two attached hydrogens (primary N) is 1. The Morgan fingerprint density at radius 2 is 2.00 bits per heavy atom. The van der Waals surface area contributed by atoms with Crippen molar-refractivity contribution in [1.29, 1.82) is 0 Å². The van der Waals surface area contributed by atoms with E-state index < -0.39 is 5.54 Å². The van der Waals surface area contributed by atoms with E-state index in [1.165, 1.54) is 11.1 Å². The monoisotopic (exact) mass is 512 g/mol. The van der Waals surface area contributed by atoms with Gasteiger partial charge in [0.2, 0.25) is 5.91 Å². The van der Waals surface area contributed by atoms with Crippen LogP contribution >= 0.6 is 0 Å². The minimum atomic E-state index is -0.499. The summed E-state index contributed by atoms with van der Waals surface area (Å²) in [5, 5.41) is 3.31. The first-order valence-corrected chi connectivity index (χ1v) is 14.0. The largest absolute Gasteiger partial charge is 0.493 e. The van der Waals surface area contributed by atoms with Gasteiger partial charge < -0.3 is 15.8 Å². The van der Waals surface area contributed by atoms with Crippen LogP contribution in [0.5, 0.6) is 5.75 Å².